The standard InChI is InChI=1S/C15H27N3O3/c1-3-18-8-6-13(7-9-18)17(2)15(21)16-12-5-4-11(10-12)14(19)20/h11-13H,3-10H2,1-2H3,(H,16,21)(H,19,20)/t11-,12+/m1/s1. The normalized spacial score (nSPS) is 27.5. The van der Waals surface area contributed by atoms with E-state index in [0.29, 0.717) is 18.9 Å². The molecule has 0 bridgehead atoms. The van der Waals surface area contributed by atoms with E-state index in [1.165, 1.54) is 0 Å². The molecular formula is C15H27N3O3. The van der Waals surface area contributed by atoms with Gasteiger partial charge in [-0.15, -0.1) is 0 Å². The first-order valence-electron chi connectivity index (χ1n) is 7.99. The van der Waals surface area contributed by atoms with Crippen molar-refractivity contribution in [2.75, 3.05) is 26.7 Å². The van der Waals surface area contributed by atoms with Crippen LogP contribution in [0.15, 0.2) is 0 Å². The molecular weight excluding hydrogens is 270 g/mol. The van der Waals surface area contributed by atoms with Gasteiger partial charge in [-0.25, -0.2) is 4.79 Å². The van der Waals surface area contributed by atoms with Gasteiger partial charge in [0.25, 0.3) is 0 Å². The highest BCUT2D eigenvalue weighted by molar-refractivity contribution is 5.75. The second-order valence-corrected chi connectivity index (χ2v) is 6.27. The van der Waals surface area contributed by atoms with Crippen molar-refractivity contribution in [1.82, 2.24) is 15.1 Å². The van der Waals surface area contributed by atoms with Crippen molar-refractivity contribution < 1.29 is 14.7 Å². The van der Waals surface area contributed by atoms with Crippen LogP contribution < -0.4 is 5.32 Å². The SMILES string of the molecule is CCN1CCC(N(C)C(=O)N[C@H]2CC[C@@H](C(=O)O)C2)CC1. The van der Waals surface area contributed by atoms with Gasteiger partial charge < -0.3 is 20.2 Å². The van der Waals surface area contributed by atoms with Gasteiger partial charge in [0.05, 0.1) is 5.92 Å². The van der Waals surface area contributed by atoms with Crippen LogP contribution in [0.25, 0.3) is 0 Å². The second kappa shape index (κ2) is 7.11. The molecule has 0 unspecified atom stereocenters. The molecule has 1 saturated carbocycles. The van der Waals surface area contributed by atoms with E-state index in [4.69, 9.17) is 5.11 Å². The molecule has 0 aromatic rings. The van der Waals surface area contributed by atoms with E-state index in [-0.39, 0.29) is 18.0 Å². The van der Waals surface area contributed by atoms with Crippen molar-refractivity contribution in [3.8, 4) is 0 Å². The van der Waals surface area contributed by atoms with Crippen molar-refractivity contribution in [1.29, 1.82) is 0 Å². The van der Waals surface area contributed by atoms with E-state index in [1.807, 2.05) is 7.05 Å². The van der Waals surface area contributed by atoms with E-state index >= 15 is 0 Å². The number of piperidine rings is 1. The Kier molecular flexibility index (Phi) is 5.45. The van der Waals surface area contributed by atoms with Gasteiger partial charge in [-0.1, -0.05) is 6.92 Å². The zero-order valence-corrected chi connectivity index (χ0v) is 13.0. The van der Waals surface area contributed by atoms with Crippen LogP contribution in [0.1, 0.15) is 39.0 Å². The maximum absolute atomic E-state index is 12.3. The lowest BCUT2D eigenvalue weighted by molar-refractivity contribution is -0.141. The Bertz CT molecular complexity index is 380. The zero-order valence-electron chi connectivity index (χ0n) is 13.0. The molecule has 1 saturated heterocycles. The minimum absolute atomic E-state index is 0.0109. The van der Waals surface area contributed by atoms with Crippen LogP contribution in [0.2, 0.25) is 0 Å². The number of urea groups is 1. The number of amides is 2. The molecule has 1 aliphatic carbocycles. The van der Waals surface area contributed by atoms with Crippen LogP contribution >= 0.6 is 0 Å². The van der Waals surface area contributed by atoms with Gasteiger partial charge >= 0.3 is 12.0 Å². The summed E-state index contributed by atoms with van der Waals surface area (Å²) in [5.41, 5.74) is 0. The maximum atomic E-state index is 12.3. The summed E-state index contributed by atoms with van der Waals surface area (Å²) >= 11 is 0. The van der Waals surface area contributed by atoms with Crippen molar-refractivity contribution in [3.63, 3.8) is 0 Å². The molecule has 1 aliphatic heterocycles. The second-order valence-electron chi connectivity index (χ2n) is 6.27. The Morgan fingerprint density at radius 1 is 1.24 bits per heavy atom. The number of hydrogen-bond donors (Lipinski definition) is 2. The van der Waals surface area contributed by atoms with Gasteiger partial charge in [-0.3, -0.25) is 4.79 Å². The highest BCUT2D eigenvalue weighted by Gasteiger charge is 2.32. The highest BCUT2D eigenvalue weighted by Crippen LogP contribution is 2.26. The highest BCUT2D eigenvalue weighted by atomic mass is 16.4. The largest absolute Gasteiger partial charge is 0.481 e. The summed E-state index contributed by atoms with van der Waals surface area (Å²) in [5.74, 6) is -1.04. The lowest BCUT2D eigenvalue weighted by Gasteiger charge is -2.36. The monoisotopic (exact) mass is 297 g/mol. The molecule has 2 N–H and O–H groups in total. The molecule has 2 atom stereocenters. The average Bonchev–Trinajstić information content (AvgIpc) is 2.95. The molecule has 0 spiro atoms. The third-order valence-electron chi connectivity index (χ3n) is 4.98. The first kappa shape index (κ1) is 16.1. The molecule has 2 rings (SSSR count). The molecule has 0 aromatic heterocycles. The predicted molar refractivity (Wildman–Crippen MR) is 80.2 cm³/mol. The molecule has 2 fully saturated rings. The fraction of sp³-hybridized carbons (Fsp3) is 0.867. The molecule has 21 heavy (non-hydrogen) atoms. The van der Waals surface area contributed by atoms with Gasteiger partial charge in [-0.2, -0.15) is 0 Å². The molecule has 0 radical (unpaired) electrons. The van der Waals surface area contributed by atoms with E-state index in [9.17, 15) is 9.59 Å². The van der Waals surface area contributed by atoms with Crippen molar-refractivity contribution in [3.05, 3.63) is 0 Å². The molecule has 0 aromatic carbocycles. The third kappa shape index (κ3) is 4.09. The lowest BCUT2D eigenvalue weighted by atomic mass is 10.0. The Labute approximate surface area is 126 Å². The van der Waals surface area contributed by atoms with Gasteiger partial charge in [0.15, 0.2) is 0 Å². The topological polar surface area (TPSA) is 72.9 Å². The van der Waals surface area contributed by atoms with Crippen molar-refractivity contribution in [2.45, 2.75) is 51.1 Å². The summed E-state index contributed by atoms with van der Waals surface area (Å²) in [6, 6.07) is 0.252. The van der Waals surface area contributed by atoms with Gasteiger partial charge in [0, 0.05) is 32.2 Å². The van der Waals surface area contributed by atoms with E-state index in [0.717, 1.165) is 38.9 Å². The Morgan fingerprint density at radius 3 is 2.43 bits per heavy atom. The fourth-order valence-electron chi connectivity index (χ4n) is 3.40. The summed E-state index contributed by atoms with van der Waals surface area (Å²) in [4.78, 5) is 27.4. The number of carboxylic acid groups (broad SMARTS) is 1. The summed E-state index contributed by atoms with van der Waals surface area (Å²) in [6.07, 6.45) is 4.02. The molecule has 1 heterocycles. The molecule has 2 aliphatic rings. The minimum Gasteiger partial charge on any atom is -0.481 e. The summed E-state index contributed by atoms with van der Waals surface area (Å²) < 4.78 is 0. The van der Waals surface area contributed by atoms with Gasteiger partial charge in [0.1, 0.15) is 0 Å². The predicted octanol–water partition coefficient (Wildman–Crippen LogP) is 1.37. The maximum Gasteiger partial charge on any atom is 0.317 e. The number of aliphatic carboxylic acids is 1. The van der Waals surface area contributed by atoms with Crippen LogP contribution in [0.5, 0.6) is 0 Å². The lowest BCUT2D eigenvalue weighted by Crippen LogP contribution is -2.50. The van der Waals surface area contributed by atoms with E-state index in [2.05, 4.69) is 17.1 Å². The fourth-order valence-corrected chi connectivity index (χ4v) is 3.40. The number of carboxylic acids is 1. The number of nitrogens with one attached hydrogen (secondary N) is 1. The molecule has 2 amide bonds. The summed E-state index contributed by atoms with van der Waals surface area (Å²) in [6.45, 7) is 5.32. The molecule has 120 valence electrons. The number of rotatable bonds is 4. The van der Waals surface area contributed by atoms with Gasteiger partial charge in [0.2, 0.25) is 0 Å². The summed E-state index contributed by atoms with van der Waals surface area (Å²) in [5, 5.41) is 12.0. The Balaban J connectivity index is 1.77. The van der Waals surface area contributed by atoms with Crippen LogP contribution in [0, 0.1) is 5.92 Å². The van der Waals surface area contributed by atoms with E-state index < -0.39 is 5.97 Å². The van der Waals surface area contributed by atoms with E-state index in [1.54, 1.807) is 4.90 Å². The molecule has 6 nitrogen and oxygen atoms in total. The van der Waals surface area contributed by atoms with Crippen LogP contribution in [0.4, 0.5) is 4.79 Å². The summed E-state index contributed by atoms with van der Waals surface area (Å²) in [7, 11) is 1.85. The van der Waals surface area contributed by atoms with Crippen molar-refractivity contribution in [2.24, 2.45) is 5.92 Å². The first-order chi connectivity index (χ1) is 10.0. The smallest absolute Gasteiger partial charge is 0.317 e. The van der Waals surface area contributed by atoms with Gasteiger partial charge in [-0.05, 0) is 38.6 Å². The Morgan fingerprint density at radius 2 is 1.90 bits per heavy atom. The average molecular weight is 297 g/mol. The minimum atomic E-state index is -0.743. The third-order valence-corrected chi connectivity index (χ3v) is 4.98. The van der Waals surface area contributed by atoms with Crippen LogP contribution in [0.3, 0.4) is 0 Å². The number of nitrogens with zero attached hydrogens (tertiary/aromatic N) is 2. The number of hydrogen-bond acceptors (Lipinski definition) is 3. The zero-order chi connectivity index (χ0) is 15.4. The number of carbonyl (C=O) groups excluding carboxylic acids is 1. The van der Waals surface area contributed by atoms with Crippen LogP contribution in [-0.4, -0.2) is 65.7 Å². The van der Waals surface area contributed by atoms with Crippen LogP contribution in [-0.2, 0) is 4.79 Å². The number of carbonyl (C=O) groups is 2. The van der Waals surface area contributed by atoms with Crippen molar-refractivity contribution >= 4 is 12.0 Å². The first-order valence-corrected chi connectivity index (χ1v) is 7.99. The quantitative estimate of drug-likeness (QED) is 0.822. The number of likely N-dealkylation sites (tertiary alicyclic amines) is 1. The Hall–Kier alpha value is -1.30. The molecule has 6 heteroatoms.